The molecule has 15 nitrogen and oxygen atoms in total. The third-order valence-electron chi connectivity index (χ3n) is 4.78. The molecule has 0 aliphatic rings. The van der Waals surface area contributed by atoms with Crippen molar-refractivity contribution in [1.82, 2.24) is 24.7 Å². The molecule has 0 spiro atoms. The molecule has 0 bridgehead atoms. The van der Waals surface area contributed by atoms with Crippen LogP contribution in [0.25, 0.3) is 10.9 Å². The van der Waals surface area contributed by atoms with Crippen molar-refractivity contribution in [3.63, 3.8) is 0 Å². The molecule has 0 radical (unpaired) electrons. The van der Waals surface area contributed by atoms with Gasteiger partial charge in [0, 0.05) is 19.5 Å². The van der Waals surface area contributed by atoms with Crippen LogP contribution in [-0.4, -0.2) is 43.9 Å². The zero-order valence-corrected chi connectivity index (χ0v) is 20.7. The van der Waals surface area contributed by atoms with Crippen molar-refractivity contribution in [3.8, 4) is 5.75 Å². The third kappa shape index (κ3) is 5.03. The number of anilines is 1. The highest BCUT2D eigenvalue weighted by molar-refractivity contribution is 7.11. The number of aryl methyl sites for hydroxylation is 2. The molecule has 0 atom stereocenters. The lowest BCUT2D eigenvalue weighted by Gasteiger charge is -2.18. The average Bonchev–Trinajstić information content (AvgIpc) is 3.61. The maximum Gasteiger partial charge on any atom is 0.366 e. The zero-order valence-electron chi connectivity index (χ0n) is 19.9. The smallest absolute Gasteiger partial charge is 0.366 e. The van der Waals surface area contributed by atoms with Gasteiger partial charge < -0.3 is 19.1 Å². The second kappa shape index (κ2) is 9.94. The molecule has 0 amide bonds. The van der Waals surface area contributed by atoms with E-state index in [1.165, 1.54) is 17.6 Å². The molecule has 2 aromatic carbocycles. The molecule has 5 aromatic rings. The van der Waals surface area contributed by atoms with Crippen LogP contribution in [0.1, 0.15) is 11.6 Å². The molecule has 1 N–H and O–H groups in total. The topological polar surface area (TPSA) is 188 Å². The predicted octanol–water partition coefficient (Wildman–Crippen LogP) is 6.70. The first-order valence-electron chi connectivity index (χ1n) is 10.7. The quantitative estimate of drug-likeness (QED) is 0.228. The lowest BCUT2D eigenvalue weighted by Crippen LogP contribution is -2.09. The van der Waals surface area contributed by atoms with Crippen molar-refractivity contribution >= 4 is 62.2 Å². The Morgan fingerprint density at radius 1 is 0.838 bits per heavy atom. The van der Waals surface area contributed by atoms with E-state index in [1.807, 2.05) is 24.3 Å². The first kappa shape index (κ1) is 23.7. The van der Waals surface area contributed by atoms with Crippen LogP contribution in [0, 0.1) is 13.8 Å². The summed E-state index contributed by atoms with van der Waals surface area (Å²) in [6.07, 6.45) is 0. The second-order valence-corrected chi connectivity index (χ2v) is 8.46. The Labute approximate surface area is 212 Å². The largest absolute Gasteiger partial charge is 0.504 e. The van der Waals surface area contributed by atoms with E-state index < -0.39 is 0 Å². The van der Waals surface area contributed by atoms with Gasteiger partial charge >= 0.3 is 12.0 Å². The minimum atomic E-state index is -0.297. The van der Waals surface area contributed by atoms with Gasteiger partial charge in [0.2, 0.25) is 0 Å². The number of aromatic hydroxyl groups is 1. The minimum absolute atomic E-state index is 0.0297. The van der Waals surface area contributed by atoms with E-state index in [0.717, 1.165) is 10.9 Å². The number of hydrogen-bond donors (Lipinski definition) is 1. The van der Waals surface area contributed by atoms with Gasteiger partial charge in [0.25, 0.3) is 0 Å². The highest BCUT2D eigenvalue weighted by atomic mass is 32.1. The van der Waals surface area contributed by atoms with Crippen LogP contribution in [0.3, 0.4) is 0 Å². The van der Waals surface area contributed by atoms with Crippen LogP contribution in [-0.2, 0) is 0 Å². The highest BCUT2D eigenvalue weighted by Gasteiger charge is 2.21. The summed E-state index contributed by atoms with van der Waals surface area (Å²) >= 11 is 1.18. The van der Waals surface area contributed by atoms with Crippen LogP contribution in [0.4, 0.5) is 39.8 Å². The van der Waals surface area contributed by atoms with E-state index >= 15 is 0 Å². The number of fused-ring (bicyclic) bond motifs is 1. The number of hydrogen-bond acceptors (Lipinski definition) is 16. The summed E-state index contributed by atoms with van der Waals surface area (Å²) in [4.78, 5) is 9.70. The molecular formula is C21H18N12O3S. The Bertz CT molecular complexity index is 1670. The van der Waals surface area contributed by atoms with E-state index in [4.69, 9.17) is 9.05 Å². The van der Waals surface area contributed by atoms with Crippen molar-refractivity contribution in [3.05, 3.63) is 42.0 Å². The predicted molar refractivity (Wildman–Crippen MR) is 133 cm³/mol. The summed E-state index contributed by atoms with van der Waals surface area (Å²) in [5.41, 5.74) is 1.54. The zero-order chi connectivity index (χ0) is 25.9. The van der Waals surface area contributed by atoms with Gasteiger partial charge in [-0.05, 0) is 43.6 Å². The molecule has 0 unspecified atom stereocenters. The second-order valence-electron chi connectivity index (χ2n) is 7.71. The maximum atomic E-state index is 11.1. The normalized spacial score (nSPS) is 12.1. The number of nitrogens with zero attached hydrogens (tertiary/aromatic N) is 12. The molecule has 37 heavy (non-hydrogen) atoms. The Balaban J connectivity index is 1.63. The summed E-state index contributed by atoms with van der Waals surface area (Å²) in [7, 11) is 3.48. The lowest BCUT2D eigenvalue weighted by molar-refractivity contribution is 0.420. The van der Waals surface area contributed by atoms with E-state index in [9.17, 15) is 5.11 Å². The number of phenols is 1. The molecule has 0 fully saturated rings. The molecule has 0 aliphatic carbocycles. The van der Waals surface area contributed by atoms with Crippen LogP contribution in [0.5, 0.6) is 5.75 Å². The molecule has 0 aliphatic heterocycles. The van der Waals surface area contributed by atoms with Gasteiger partial charge in [-0.25, -0.2) is 0 Å². The molecule has 3 heterocycles. The fourth-order valence-corrected chi connectivity index (χ4v) is 3.89. The third-order valence-corrected chi connectivity index (χ3v) is 5.54. The number of rotatable bonds is 7. The number of benzene rings is 2. The van der Waals surface area contributed by atoms with Gasteiger partial charge in [-0.3, -0.25) is 0 Å². The minimum Gasteiger partial charge on any atom is -0.504 e. The van der Waals surface area contributed by atoms with Crippen LogP contribution >= 0.6 is 11.5 Å². The maximum absolute atomic E-state index is 11.1. The van der Waals surface area contributed by atoms with Crippen LogP contribution < -0.4 is 4.90 Å². The molecule has 186 valence electrons. The first-order chi connectivity index (χ1) is 17.9. The SMILES string of the molecule is Cc1noc(N=Nc2cc(N=Nc3snc4ccccc34)c(O)c(N=Nc3nc(C)no3)c2N(C)C)n1. The molecule has 3 aromatic heterocycles. The average molecular weight is 519 g/mol. The van der Waals surface area contributed by atoms with Crippen molar-refractivity contribution < 1.29 is 14.2 Å². The van der Waals surface area contributed by atoms with Crippen LogP contribution in [0.2, 0.25) is 0 Å². The highest BCUT2D eigenvalue weighted by Crippen LogP contribution is 2.50. The van der Waals surface area contributed by atoms with E-state index in [2.05, 4.69) is 55.3 Å². The Kier molecular flexibility index (Phi) is 6.38. The van der Waals surface area contributed by atoms with E-state index in [1.54, 1.807) is 32.8 Å². The molecular weight excluding hydrogens is 500 g/mol. The number of aromatic nitrogens is 5. The van der Waals surface area contributed by atoms with Crippen LogP contribution in [0.15, 0.2) is 70.1 Å². The Morgan fingerprint density at radius 3 is 2.14 bits per heavy atom. The fourth-order valence-electron chi connectivity index (χ4n) is 3.20. The van der Waals surface area contributed by atoms with Crippen molar-refractivity contribution in [2.75, 3.05) is 19.0 Å². The van der Waals surface area contributed by atoms with Gasteiger partial charge in [0.1, 0.15) is 11.4 Å². The monoisotopic (exact) mass is 518 g/mol. The van der Waals surface area contributed by atoms with Gasteiger partial charge in [-0.1, -0.05) is 32.7 Å². The molecule has 5 rings (SSSR count). The van der Waals surface area contributed by atoms with Gasteiger partial charge in [-0.2, -0.15) is 14.3 Å². The van der Waals surface area contributed by atoms with E-state index in [-0.39, 0.29) is 34.8 Å². The summed E-state index contributed by atoms with van der Waals surface area (Å²) < 4.78 is 14.4. The first-order valence-corrected chi connectivity index (χ1v) is 11.4. The standard InChI is InChI=1S/C21H18N12O3S/c1-10-22-20(35-30-10)28-24-14-9-15(25-27-19-12-7-5-6-8-13(12)32-37-19)18(34)16(17(14)33(3)4)26-29-21-23-11(2)31-36-21/h5-9,34H,1-4H3. The lowest BCUT2D eigenvalue weighted by atomic mass is 10.1. The number of phenolic OH excluding ortho intramolecular Hbond substituents is 1. The molecule has 0 saturated carbocycles. The van der Waals surface area contributed by atoms with Crippen molar-refractivity contribution in [2.24, 2.45) is 30.7 Å². The van der Waals surface area contributed by atoms with E-state index in [0.29, 0.717) is 22.3 Å². The fraction of sp³-hybridized carbons (Fsp3) is 0.190. The summed E-state index contributed by atoms with van der Waals surface area (Å²) in [6, 6.07) is 8.91. The molecule has 16 heteroatoms. The van der Waals surface area contributed by atoms with Gasteiger partial charge in [0.05, 0.1) is 11.2 Å². The van der Waals surface area contributed by atoms with Gasteiger partial charge in [-0.15, -0.1) is 20.5 Å². The number of azo groups is 3. The summed E-state index contributed by atoms with van der Waals surface area (Å²) in [6.45, 7) is 3.31. The van der Waals surface area contributed by atoms with Crippen molar-refractivity contribution in [1.29, 1.82) is 0 Å². The summed E-state index contributed by atoms with van der Waals surface area (Å²) in [5.74, 6) is 0.492. The molecule has 0 saturated heterocycles. The van der Waals surface area contributed by atoms with Gasteiger partial charge in [0.15, 0.2) is 28.1 Å². The summed E-state index contributed by atoms with van der Waals surface area (Å²) in [5, 5.41) is 44.8. The Morgan fingerprint density at radius 2 is 1.49 bits per heavy atom. The Hall–Kier alpha value is -4.99. The van der Waals surface area contributed by atoms with Crippen molar-refractivity contribution in [2.45, 2.75) is 13.8 Å².